The summed E-state index contributed by atoms with van der Waals surface area (Å²) in [6, 6.07) is 19.9. The number of amides is 2. The van der Waals surface area contributed by atoms with E-state index >= 15 is 0 Å². The SMILES string of the molecule is C=CC(=O)n1c2ccccc2c2cc(C(=O)NCCOCCOCCOCCOCCNC(=O)C[C@@H]3N=C(c4ccc(Cl)cc4)c4c(sc(C)c4C)-n4c(C)nnc43)ccc21. The van der Waals surface area contributed by atoms with Crippen LogP contribution in [0.2, 0.25) is 5.02 Å². The number of thiophene rings is 1. The Morgan fingerprint density at radius 3 is 2.13 bits per heavy atom. The molecule has 1 atom stereocenters. The molecule has 2 amide bonds. The molecule has 3 aromatic carbocycles. The summed E-state index contributed by atoms with van der Waals surface area (Å²) < 4.78 is 26.1. The van der Waals surface area contributed by atoms with Gasteiger partial charge in [0, 0.05) is 50.5 Å². The van der Waals surface area contributed by atoms with Gasteiger partial charge in [0.05, 0.1) is 76.0 Å². The Morgan fingerprint density at radius 1 is 0.803 bits per heavy atom. The Morgan fingerprint density at radius 2 is 1.44 bits per heavy atom. The number of ether oxygens (including phenoxy) is 4. The predicted molar refractivity (Wildman–Crippen MR) is 237 cm³/mol. The van der Waals surface area contributed by atoms with Crippen molar-refractivity contribution in [2.75, 3.05) is 65.9 Å². The lowest BCUT2D eigenvalue weighted by molar-refractivity contribution is -0.121. The number of para-hydroxylation sites is 1. The Hall–Kier alpha value is -5.55. The van der Waals surface area contributed by atoms with E-state index in [1.54, 1.807) is 34.1 Å². The first-order chi connectivity index (χ1) is 29.7. The molecule has 1 aliphatic rings. The highest BCUT2D eigenvalue weighted by molar-refractivity contribution is 7.15. The molecule has 0 radical (unpaired) electrons. The fourth-order valence-electron chi connectivity index (χ4n) is 7.19. The minimum Gasteiger partial charge on any atom is -0.377 e. The second kappa shape index (κ2) is 20.3. The van der Waals surface area contributed by atoms with Crippen molar-refractivity contribution in [3.05, 3.63) is 123 Å². The van der Waals surface area contributed by atoms with Gasteiger partial charge in [0.15, 0.2) is 5.82 Å². The Labute approximate surface area is 362 Å². The number of rotatable bonds is 20. The minimum absolute atomic E-state index is 0.0977. The number of halogens is 1. The normalized spacial score (nSPS) is 13.4. The Balaban J connectivity index is 0.748. The number of benzene rings is 3. The van der Waals surface area contributed by atoms with E-state index in [9.17, 15) is 14.4 Å². The van der Waals surface area contributed by atoms with E-state index in [-0.39, 0.29) is 24.1 Å². The van der Waals surface area contributed by atoms with Crippen LogP contribution in [0.25, 0.3) is 26.8 Å². The molecule has 61 heavy (non-hydrogen) atoms. The molecule has 7 rings (SSSR count). The summed E-state index contributed by atoms with van der Waals surface area (Å²) in [5.41, 5.74) is 5.84. The van der Waals surface area contributed by atoms with Crippen molar-refractivity contribution in [1.82, 2.24) is 30.0 Å². The van der Waals surface area contributed by atoms with Gasteiger partial charge < -0.3 is 29.6 Å². The highest BCUT2D eigenvalue weighted by Crippen LogP contribution is 2.39. The first kappa shape index (κ1) is 43.5. The maximum absolute atomic E-state index is 13.2. The summed E-state index contributed by atoms with van der Waals surface area (Å²) in [5, 5.41) is 18.0. The topological polar surface area (TPSA) is 160 Å². The fourth-order valence-corrected chi connectivity index (χ4v) is 8.53. The molecule has 16 heteroatoms. The van der Waals surface area contributed by atoms with Gasteiger partial charge in [-0.05, 0) is 68.8 Å². The van der Waals surface area contributed by atoms with Crippen molar-refractivity contribution < 1.29 is 33.3 Å². The molecule has 0 spiro atoms. The van der Waals surface area contributed by atoms with Gasteiger partial charge in [-0.25, -0.2) is 0 Å². The smallest absolute Gasteiger partial charge is 0.254 e. The molecular formula is C45H48ClN7O7S. The van der Waals surface area contributed by atoms with Crippen molar-refractivity contribution in [2.45, 2.75) is 33.2 Å². The van der Waals surface area contributed by atoms with Crippen LogP contribution >= 0.6 is 22.9 Å². The van der Waals surface area contributed by atoms with Crippen molar-refractivity contribution in [2.24, 2.45) is 4.99 Å². The summed E-state index contributed by atoms with van der Waals surface area (Å²) in [6.07, 6.45) is 1.38. The molecule has 318 valence electrons. The lowest BCUT2D eigenvalue weighted by Crippen LogP contribution is -2.29. The highest BCUT2D eigenvalue weighted by Gasteiger charge is 2.32. The Bertz CT molecular complexity index is 2580. The molecule has 6 aromatic rings. The lowest BCUT2D eigenvalue weighted by Gasteiger charge is -2.13. The van der Waals surface area contributed by atoms with Crippen LogP contribution in [0.1, 0.15) is 60.8 Å². The fraction of sp³-hybridized carbons (Fsp3) is 0.333. The third kappa shape index (κ3) is 9.99. The van der Waals surface area contributed by atoms with Gasteiger partial charge in [-0.1, -0.05) is 48.5 Å². The zero-order chi connectivity index (χ0) is 42.9. The number of hydrogen-bond donors (Lipinski definition) is 2. The maximum Gasteiger partial charge on any atom is 0.254 e. The number of nitrogens with zero attached hydrogens (tertiary/aromatic N) is 5. The van der Waals surface area contributed by atoms with Gasteiger partial charge in [-0.15, -0.1) is 21.5 Å². The molecule has 4 heterocycles. The van der Waals surface area contributed by atoms with E-state index in [2.05, 4.69) is 41.3 Å². The average molecular weight is 866 g/mol. The molecule has 1 aliphatic heterocycles. The van der Waals surface area contributed by atoms with Crippen LogP contribution < -0.4 is 10.6 Å². The minimum atomic E-state index is -0.547. The second-order valence-electron chi connectivity index (χ2n) is 14.3. The third-order valence-electron chi connectivity index (χ3n) is 10.3. The number of hydrogen-bond acceptors (Lipinski definition) is 11. The van der Waals surface area contributed by atoms with Crippen molar-refractivity contribution in [3.63, 3.8) is 0 Å². The summed E-state index contributed by atoms with van der Waals surface area (Å²) >= 11 is 7.88. The molecule has 0 saturated heterocycles. The van der Waals surface area contributed by atoms with Crippen LogP contribution in [0.5, 0.6) is 0 Å². The largest absolute Gasteiger partial charge is 0.377 e. The molecular weight excluding hydrogens is 818 g/mol. The summed E-state index contributed by atoms with van der Waals surface area (Å²) in [5.74, 6) is 0.741. The van der Waals surface area contributed by atoms with Crippen LogP contribution in [-0.4, -0.2) is 109 Å². The van der Waals surface area contributed by atoms with E-state index < -0.39 is 6.04 Å². The van der Waals surface area contributed by atoms with E-state index in [0.717, 1.165) is 55.0 Å². The molecule has 0 bridgehead atoms. The van der Waals surface area contributed by atoms with E-state index in [0.29, 0.717) is 82.4 Å². The number of aryl methyl sites for hydroxylation is 2. The molecule has 0 aliphatic carbocycles. The summed E-state index contributed by atoms with van der Waals surface area (Å²) in [6.45, 7) is 13.4. The van der Waals surface area contributed by atoms with Crippen LogP contribution in [0.4, 0.5) is 0 Å². The van der Waals surface area contributed by atoms with Gasteiger partial charge in [-0.3, -0.25) is 28.5 Å². The summed E-state index contributed by atoms with van der Waals surface area (Å²) in [7, 11) is 0. The number of aromatic nitrogens is 4. The molecule has 0 fully saturated rings. The zero-order valence-electron chi connectivity index (χ0n) is 34.4. The van der Waals surface area contributed by atoms with E-state index in [1.807, 2.05) is 60.0 Å². The maximum atomic E-state index is 13.2. The average Bonchev–Trinajstić information content (AvgIpc) is 3.88. The van der Waals surface area contributed by atoms with Crippen molar-refractivity contribution >= 4 is 68.2 Å². The first-order valence-electron chi connectivity index (χ1n) is 20.1. The first-order valence-corrected chi connectivity index (χ1v) is 21.3. The molecule has 2 N–H and O–H groups in total. The number of fused-ring (bicyclic) bond motifs is 6. The van der Waals surface area contributed by atoms with E-state index in [4.69, 9.17) is 35.5 Å². The van der Waals surface area contributed by atoms with Crippen LogP contribution in [-0.2, 0) is 23.7 Å². The highest BCUT2D eigenvalue weighted by atomic mass is 35.5. The number of carbonyl (C=O) groups excluding carboxylic acids is 3. The second-order valence-corrected chi connectivity index (χ2v) is 15.9. The third-order valence-corrected chi connectivity index (χ3v) is 11.7. The number of allylic oxidation sites excluding steroid dienone is 1. The number of nitrogens with one attached hydrogen (secondary N) is 2. The van der Waals surface area contributed by atoms with Gasteiger partial charge in [0.1, 0.15) is 16.9 Å². The summed E-state index contributed by atoms with van der Waals surface area (Å²) in [4.78, 5) is 44.9. The standard InChI is InChI=1S/C45H48ClN7O7S/c1-5-40(55)53-37-9-7-6-8-34(37)35-26-32(12-15-38(35)53)44(56)48-17-19-58-21-23-60-25-24-59-22-20-57-18-16-47-39(54)27-36-43-51-50-30(4)52(43)45-41(28(2)29(3)61-45)42(49-36)31-10-13-33(46)14-11-31/h5-15,26,36H,1,16-25,27H2,2-4H3,(H,47,54)(H,48,56)/t36-/m0/s1. The predicted octanol–water partition coefficient (Wildman–Crippen LogP) is 6.74. The van der Waals surface area contributed by atoms with Gasteiger partial charge in [-0.2, -0.15) is 0 Å². The number of aliphatic imine (C=N–C) groups is 1. The van der Waals surface area contributed by atoms with Gasteiger partial charge >= 0.3 is 0 Å². The van der Waals surface area contributed by atoms with Gasteiger partial charge in [0.25, 0.3) is 11.8 Å². The van der Waals surface area contributed by atoms with Crippen LogP contribution in [0, 0.1) is 20.8 Å². The van der Waals surface area contributed by atoms with Crippen LogP contribution in [0.3, 0.4) is 0 Å². The van der Waals surface area contributed by atoms with Crippen LogP contribution in [0.15, 0.2) is 84.4 Å². The van der Waals surface area contributed by atoms with Crippen molar-refractivity contribution in [1.29, 1.82) is 0 Å². The van der Waals surface area contributed by atoms with E-state index in [1.165, 1.54) is 11.0 Å². The molecule has 0 unspecified atom stereocenters. The monoisotopic (exact) mass is 865 g/mol. The lowest BCUT2D eigenvalue weighted by atomic mass is 9.99. The quantitative estimate of drug-likeness (QED) is 0.0626. The molecule has 14 nitrogen and oxygen atoms in total. The molecule has 3 aromatic heterocycles. The molecule has 0 saturated carbocycles. The van der Waals surface area contributed by atoms with Crippen molar-refractivity contribution in [3.8, 4) is 5.00 Å². The Kier molecular flexibility index (Phi) is 14.5. The van der Waals surface area contributed by atoms with Gasteiger partial charge in [0.2, 0.25) is 5.91 Å². The number of carbonyl (C=O) groups is 3. The zero-order valence-corrected chi connectivity index (χ0v) is 35.9.